The highest BCUT2D eigenvalue weighted by Gasteiger charge is 2.22. The van der Waals surface area contributed by atoms with E-state index < -0.39 is 29.3 Å². The Morgan fingerprint density at radius 1 is 1.33 bits per heavy atom. The zero-order valence-electron chi connectivity index (χ0n) is 7.51. The molecule has 15 heavy (non-hydrogen) atoms. The van der Waals surface area contributed by atoms with E-state index in [2.05, 4.69) is 4.74 Å². The lowest BCUT2D eigenvalue weighted by Crippen LogP contribution is -2.47. The first-order chi connectivity index (χ1) is 6.97. The van der Waals surface area contributed by atoms with Crippen LogP contribution >= 0.6 is 0 Å². The van der Waals surface area contributed by atoms with Crippen LogP contribution in [0.5, 0.6) is 0 Å². The van der Waals surface area contributed by atoms with E-state index in [1.807, 2.05) is 0 Å². The molecule has 1 aromatic rings. The third-order valence-corrected chi connectivity index (χ3v) is 1.55. The minimum Gasteiger partial charge on any atom is -0.478 e. The summed E-state index contributed by atoms with van der Waals surface area (Å²) in [5.74, 6) is -1.53. The Hall–Kier alpha value is -2.16. The lowest BCUT2D eigenvalue weighted by atomic mass is 10.5. The number of aliphatic carboxylic acids is 1. The van der Waals surface area contributed by atoms with Gasteiger partial charge in [0.15, 0.2) is 0 Å². The third kappa shape index (κ3) is 2.02. The van der Waals surface area contributed by atoms with Gasteiger partial charge in [-0.15, -0.1) is 0 Å². The van der Waals surface area contributed by atoms with Gasteiger partial charge in [-0.2, -0.15) is 0 Å². The highest BCUT2D eigenvalue weighted by molar-refractivity contribution is 5.70. The van der Waals surface area contributed by atoms with Crippen molar-refractivity contribution in [2.45, 2.75) is 6.23 Å². The van der Waals surface area contributed by atoms with Gasteiger partial charge >= 0.3 is 23.0 Å². The van der Waals surface area contributed by atoms with Crippen LogP contribution in [-0.2, 0) is 9.53 Å². The molecule has 1 aromatic heterocycles. The maximum absolute atomic E-state index is 11.1. The molecule has 1 atom stereocenters. The minimum atomic E-state index is -1.78. The van der Waals surface area contributed by atoms with Gasteiger partial charge in [0.25, 0.3) is 0 Å². The number of ether oxygens (including phenoxy) is 1. The van der Waals surface area contributed by atoms with Crippen molar-refractivity contribution in [2.24, 2.45) is 0 Å². The van der Waals surface area contributed by atoms with Gasteiger partial charge in [-0.05, 0) is 0 Å². The van der Waals surface area contributed by atoms with Gasteiger partial charge in [0.2, 0.25) is 6.23 Å². The van der Waals surface area contributed by atoms with Crippen molar-refractivity contribution in [3.63, 3.8) is 0 Å². The van der Waals surface area contributed by atoms with Gasteiger partial charge in [-0.3, -0.25) is 9.97 Å². The molecule has 0 bridgehead atoms. The molecular weight excluding hydrogens is 210 g/mol. The number of carbonyl (C=O) groups is 1. The van der Waals surface area contributed by atoms with Crippen molar-refractivity contribution < 1.29 is 14.6 Å². The molecule has 0 radical (unpaired) electrons. The molecule has 0 amide bonds. The quantitative estimate of drug-likeness (QED) is 0.510. The second kappa shape index (κ2) is 3.92. The van der Waals surface area contributed by atoms with Crippen LogP contribution in [0.3, 0.4) is 0 Å². The Morgan fingerprint density at radius 3 is 2.13 bits per heavy atom. The Labute approximate surface area is 80.9 Å². The van der Waals surface area contributed by atoms with Crippen molar-refractivity contribution in [3.8, 4) is 0 Å². The zero-order valence-corrected chi connectivity index (χ0v) is 7.51. The lowest BCUT2D eigenvalue weighted by Gasteiger charge is -2.10. The fourth-order valence-electron chi connectivity index (χ4n) is 0.968. The second-order valence-electron chi connectivity index (χ2n) is 2.49. The van der Waals surface area contributed by atoms with Crippen LogP contribution in [0.2, 0.25) is 0 Å². The molecule has 0 aliphatic heterocycles. The fourth-order valence-corrected chi connectivity index (χ4v) is 0.968. The van der Waals surface area contributed by atoms with Gasteiger partial charge < -0.3 is 9.84 Å². The number of aromatic amines is 2. The SMILES string of the molecule is COC(C(=O)O)n1c(=O)[nH]c(=O)[nH]c1=O. The smallest absolute Gasteiger partial charge is 0.354 e. The minimum absolute atomic E-state index is 0.240. The van der Waals surface area contributed by atoms with Crippen LogP contribution in [0, 0.1) is 0 Å². The monoisotopic (exact) mass is 217 g/mol. The summed E-state index contributed by atoms with van der Waals surface area (Å²) < 4.78 is 4.66. The number of carboxylic acids is 1. The molecular formula is C6H7N3O6. The van der Waals surface area contributed by atoms with E-state index in [4.69, 9.17) is 5.11 Å². The molecule has 1 unspecified atom stereocenters. The molecule has 0 saturated heterocycles. The molecule has 3 N–H and O–H groups in total. The summed E-state index contributed by atoms with van der Waals surface area (Å²) in [5, 5.41) is 8.62. The largest absolute Gasteiger partial charge is 0.478 e. The number of nitrogens with one attached hydrogen (secondary N) is 2. The number of nitrogens with zero attached hydrogens (tertiary/aromatic N) is 1. The first-order valence-corrected chi connectivity index (χ1v) is 3.68. The fraction of sp³-hybridized carbons (Fsp3) is 0.333. The Balaban J connectivity index is 3.50. The maximum Gasteiger partial charge on any atom is 0.354 e. The van der Waals surface area contributed by atoms with E-state index in [1.54, 1.807) is 9.97 Å². The molecule has 0 aromatic carbocycles. The van der Waals surface area contributed by atoms with Gasteiger partial charge in [-0.25, -0.2) is 23.7 Å². The third-order valence-electron chi connectivity index (χ3n) is 1.55. The highest BCUT2D eigenvalue weighted by Crippen LogP contribution is 1.98. The average molecular weight is 217 g/mol. The molecule has 9 nitrogen and oxygen atoms in total. The number of H-pyrrole nitrogens is 2. The van der Waals surface area contributed by atoms with Crippen LogP contribution in [0.4, 0.5) is 0 Å². The van der Waals surface area contributed by atoms with Gasteiger partial charge in [-0.1, -0.05) is 0 Å². The number of rotatable bonds is 3. The molecule has 1 heterocycles. The number of methoxy groups -OCH3 is 1. The number of hydrogen-bond donors (Lipinski definition) is 3. The van der Waals surface area contributed by atoms with Crippen molar-refractivity contribution >= 4 is 5.97 Å². The molecule has 0 aliphatic carbocycles. The standard InChI is InChI=1S/C6H7N3O6/c1-15-2(3(10)11)9-5(13)7-4(12)8-6(9)14/h2H,1H3,(H,10,11)(H2,7,8,12,13,14). The van der Waals surface area contributed by atoms with E-state index >= 15 is 0 Å². The van der Waals surface area contributed by atoms with E-state index in [0.29, 0.717) is 0 Å². The first-order valence-electron chi connectivity index (χ1n) is 3.68. The molecule has 0 spiro atoms. The number of aromatic nitrogens is 3. The van der Waals surface area contributed by atoms with Crippen molar-refractivity contribution in [1.29, 1.82) is 0 Å². The summed E-state index contributed by atoms with van der Waals surface area (Å²) in [6.45, 7) is 0. The van der Waals surface area contributed by atoms with Gasteiger partial charge in [0.05, 0.1) is 0 Å². The molecule has 1 rings (SSSR count). The topological polar surface area (TPSA) is 134 Å². The van der Waals surface area contributed by atoms with Gasteiger partial charge in [0, 0.05) is 7.11 Å². The van der Waals surface area contributed by atoms with Crippen LogP contribution in [0.25, 0.3) is 0 Å². The molecule has 82 valence electrons. The van der Waals surface area contributed by atoms with Crippen molar-refractivity contribution in [3.05, 3.63) is 31.5 Å². The summed E-state index contributed by atoms with van der Waals surface area (Å²) >= 11 is 0. The molecule has 0 aliphatic rings. The van der Waals surface area contributed by atoms with E-state index in [9.17, 15) is 19.2 Å². The van der Waals surface area contributed by atoms with Crippen molar-refractivity contribution in [1.82, 2.24) is 14.5 Å². The highest BCUT2D eigenvalue weighted by atomic mass is 16.5. The Bertz CT molecular complexity index is 503. The summed E-state index contributed by atoms with van der Waals surface area (Å²) in [7, 11) is 1.01. The zero-order chi connectivity index (χ0) is 11.6. The first kappa shape index (κ1) is 10.9. The normalized spacial score (nSPS) is 12.3. The van der Waals surface area contributed by atoms with E-state index in [0.717, 1.165) is 7.11 Å². The van der Waals surface area contributed by atoms with E-state index in [1.165, 1.54) is 0 Å². The Kier molecular flexibility index (Phi) is 2.85. The summed E-state index contributed by atoms with van der Waals surface area (Å²) in [5.41, 5.74) is -3.32. The predicted molar refractivity (Wildman–Crippen MR) is 45.6 cm³/mol. The van der Waals surface area contributed by atoms with Crippen LogP contribution < -0.4 is 17.1 Å². The van der Waals surface area contributed by atoms with Crippen LogP contribution in [0.1, 0.15) is 6.23 Å². The maximum atomic E-state index is 11.1. The summed E-state index contributed by atoms with van der Waals surface area (Å²) in [6, 6.07) is 0. The second-order valence-corrected chi connectivity index (χ2v) is 2.49. The van der Waals surface area contributed by atoms with Crippen LogP contribution in [-0.4, -0.2) is 32.7 Å². The van der Waals surface area contributed by atoms with E-state index in [-0.39, 0.29) is 4.57 Å². The summed E-state index contributed by atoms with van der Waals surface area (Å²) in [4.78, 5) is 46.8. The number of hydrogen-bond acceptors (Lipinski definition) is 5. The van der Waals surface area contributed by atoms with Crippen molar-refractivity contribution in [2.75, 3.05) is 7.11 Å². The summed E-state index contributed by atoms with van der Waals surface area (Å²) in [6.07, 6.45) is -1.78. The number of carboxylic acid groups (broad SMARTS) is 1. The molecule has 0 saturated carbocycles. The lowest BCUT2D eigenvalue weighted by molar-refractivity contribution is -0.155. The average Bonchev–Trinajstić information content (AvgIpc) is 2.09. The molecule has 9 heteroatoms. The predicted octanol–water partition coefficient (Wildman–Crippen LogP) is -2.55. The van der Waals surface area contributed by atoms with Crippen LogP contribution in [0.15, 0.2) is 14.4 Å². The molecule has 0 fully saturated rings. The Morgan fingerprint density at radius 2 is 1.80 bits per heavy atom. The van der Waals surface area contributed by atoms with Gasteiger partial charge in [0.1, 0.15) is 0 Å².